The normalized spacial score (nSPS) is 12.8. The number of hydrogen-bond donors (Lipinski definition) is 3. The highest BCUT2D eigenvalue weighted by molar-refractivity contribution is 7.15. The smallest absolute Gasteiger partial charge is 0.181 e. The molecule has 0 aliphatic heterocycles. The molecule has 0 bridgehead atoms. The van der Waals surface area contributed by atoms with Gasteiger partial charge in [-0.25, -0.2) is 9.97 Å². The van der Waals surface area contributed by atoms with E-state index >= 15 is 0 Å². The molecule has 5 rings (SSSR count). The Hall–Kier alpha value is -4.23. The van der Waals surface area contributed by atoms with E-state index in [1.807, 2.05) is 25.4 Å². The van der Waals surface area contributed by atoms with Crippen LogP contribution < -0.4 is 5.32 Å². The van der Waals surface area contributed by atoms with Gasteiger partial charge in [-0.3, -0.25) is 5.10 Å². The number of aryl methyl sites for hydroxylation is 1. The van der Waals surface area contributed by atoms with Gasteiger partial charge in [0, 0.05) is 55.4 Å². The molecule has 0 fully saturated rings. The molecule has 0 amide bonds. The van der Waals surface area contributed by atoms with E-state index < -0.39 is 0 Å². The minimum absolute atomic E-state index is 0.147. The molecule has 3 N–H and O–H groups in total. The fraction of sp³-hybridized carbons (Fsp3) is 0.219. The molecule has 7 heteroatoms. The van der Waals surface area contributed by atoms with Crippen LogP contribution in [0, 0.1) is 12.3 Å². The molecular weight excluding hydrogens is 500 g/mol. The Labute approximate surface area is 233 Å². The Kier molecular flexibility index (Phi) is 7.10. The van der Waals surface area contributed by atoms with E-state index in [-0.39, 0.29) is 5.41 Å². The van der Waals surface area contributed by atoms with Crippen molar-refractivity contribution >= 4 is 39.0 Å². The zero-order valence-corrected chi connectivity index (χ0v) is 24.0. The van der Waals surface area contributed by atoms with Crippen LogP contribution in [0.15, 0.2) is 85.5 Å². The SMILES string of the molecule is C=C/C(=C\C(=C/C)c1cnc2n[nH]c(-c3cc4c(-c5ccc(C)s5)ccnc4[nH]3)c2c1)NC(=C)CC(C)(C)C. The average Bonchev–Trinajstić information content (AvgIpc) is 3.62. The third kappa shape index (κ3) is 5.64. The first-order valence-electron chi connectivity index (χ1n) is 13.0. The summed E-state index contributed by atoms with van der Waals surface area (Å²) in [5.74, 6) is 0. The number of nitrogens with one attached hydrogen (secondary N) is 3. The van der Waals surface area contributed by atoms with Gasteiger partial charge in [0.05, 0.1) is 11.4 Å². The molecule has 39 heavy (non-hydrogen) atoms. The summed E-state index contributed by atoms with van der Waals surface area (Å²) in [6.45, 7) is 19.0. The first kappa shape index (κ1) is 26.4. The van der Waals surface area contributed by atoms with Crippen LogP contribution in [0.2, 0.25) is 0 Å². The largest absolute Gasteiger partial charge is 0.359 e. The summed E-state index contributed by atoms with van der Waals surface area (Å²) in [7, 11) is 0. The van der Waals surface area contributed by atoms with Crippen molar-refractivity contribution in [3.8, 4) is 21.8 Å². The van der Waals surface area contributed by atoms with E-state index in [1.54, 1.807) is 11.3 Å². The van der Waals surface area contributed by atoms with E-state index in [0.717, 1.165) is 56.8 Å². The van der Waals surface area contributed by atoms with Gasteiger partial charge in [-0.05, 0) is 73.7 Å². The third-order valence-corrected chi connectivity index (χ3v) is 7.49. The van der Waals surface area contributed by atoms with Crippen molar-refractivity contribution in [2.45, 2.75) is 41.0 Å². The first-order valence-corrected chi connectivity index (χ1v) is 13.8. The zero-order valence-electron chi connectivity index (χ0n) is 23.1. The molecule has 6 nitrogen and oxygen atoms in total. The first-order chi connectivity index (χ1) is 18.6. The molecule has 198 valence electrons. The number of thiophene rings is 1. The van der Waals surface area contributed by atoms with Crippen molar-refractivity contribution in [3.63, 3.8) is 0 Å². The summed E-state index contributed by atoms with van der Waals surface area (Å²) in [4.78, 5) is 15.2. The third-order valence-electron chi connectivity index (χ3n) is 6.46. The Bertz CT molecular complexity index is 1750. The van der Waals surface area contributed by atoms with Gasteiger partial charge in [0.2, 0.25) is 0 Å². The predicted octanol–water partition coefficient (Wildman–Crippen LogP) is 8.55. The molecular formula is C32H34N6S. The second-order valence-corrected chi connectivity index (χ2v) is 12.2. The van der Waals surface area contributed by atoms with E-state index in [9.17, 15) is 0 Å². The van der Waals surface area contributed by atoms with E-state index in [2.05, 4.69) is 114 Å². The minimum atomic E-state index is 0.147. The summed E-state index contributed by atoms with van der Waals surface area (Å²) in [5.41, 5.74) is 8.48. The second-order valence-electron chi connectivity index (χ2n) is 10.9. The number of aromatic nitrogens is 5. The number of nitrogens with zero attached hydrogens (tertiary/aromatic N) is 3. The lowest BCUT2D eigenvalue weighted by Gasteiger charge is -2.21. The van der Waals surface area contributed by atoms with Crippen molar-refractivity contribution in [1.29, 1.82) is 0 Å². The van der Waals surface area contributed by atoms with Gasteiger partial charge in [-0.15, -0.1) is 11.3 Å². The molecule has 5 heterocycles. The molecule has 0 aliphatic rings. The maximum atomic E-state index is 4.66. The van der Waals surface area contributed by atoms with Gasteiger partial charge in [-0.2, -0.15) is 5.10 Å². The van der Waals surface area contributed by atoms with Gasteiger partial charge in [0.1, 0.15) is 5.65 Å². The van der Waals surface area contributed by atoms with Crippen molar-refractivity contribution in [2.24, 2.45) is 5.41 Å². The molecule has 0 spiro atoms. The molecule has 0 unspecified atom stereocenters. The number of allylic oxidation sites excluding steroid dienone is 5. The van der Waals surface area contributed by atoms with E-state index in [0.29, 0.717) is 5.65 Å². The quantitative estimate of drug-likeness (QED) is 0.174. The number of rotatable bonds is 8. The topological polar surface area (TPSA) is 82.3 Å². The van der Waals surface area contributed by atoms with Crippen LogP contribution in [0.3, 0.4) is 0 Å². The van der Waals surface area contributed by atoms with E-state index in [1.165, 1.54) is 15.3 Å². The summed E-state index contributed by atoms with van der Waals surface area (Å²) >= 11 is 1.78. The lowest BCUT2D eigenvalue weighted by molar-refractivity contribution is 0.403. The maximum absolute atomic E-state index is 4.66. The zero-order chi connectivity index (χ0) is 27.7. The van der Waals surface area contributed by atoms with Crippen LogP contribution >= 0.6 is 11.3 Å². The summed E-state index contributed by atoms with van der Waals surface area (Å²) in [6, 6.07) is 10.7. The van der Waals surface area contributed by atoms with Crippen LogP contribution in [0.25, 0.3) is 49.5 Å². The monoisotopic (exact) mass is 534 g/mol. The molecule has 0 saturated heterocycles. The van der Waals surface area contributed by atoms with Crippen LogP contribution in [0.5, 0.6) is 0 Å². The summed E-state index contributed by atoms with van der Waals surface area (Å²) in [6.07, 6.45) is 10.5. The number of H-pyrrole nitrogens is 2. The molecule has 0 saturated carbocycles. The van der Waals surface area contributed by atoms with Gasteiger partial charge in [-0.1, -0.05) is 40.0 Å². The number of hydrogen-bond acceptors (Lipinski definition) is 5. The van der Waals surface area contributed by atoms with Gasteiger partial charge in [0.15, 0.2) is 5.65 Å². The van der Waals surface area contributed by atoms with Gasteiger partial charge >= 0.3 is 0 Å². The highest BCUT2D eigenvalue weighted by Gasteiger charge is 2.16. The number of fused-ring (bicyclic) bond motifs is 2. The highest BCUT2D eigenvalue weighted by Crippen LogP contribution is 2.36. The Morgan fingerprint density at radius 1 is 1.13 bits per heavy atom. The standard InChI is InChI=1S/C32H34N6S/c1-8-21(14-23(9-2)35-19(3)17-32(5,6)7)22-15-26-29(37-38-31(26)34-18-22)27-16-25-24(12-13-33-30(25)36-27)28-11-10-20(4)39-28/h8-16,18,35H,2-3,17H2,1,4-7H3,(H,33,36)(H,34,37,38)/b21-8+,23-14+. The maximum Gasteiger partial charge on any atom is 0.181 e. The highest BCUT2D eigenvalue weighted by atomic mass is 32.1. The molecule has 0 aromatic carbocycles. The second kappa shape index (κ2) is 10.5. The van der Waals surface area contributed by atoms with Crippen molar-refractivity contribution in [3.05, 3.63) is 95.9 Å². The molecule has 0 aliphatic carbocycles. The summed E-state index contributed by atoms with van der Waals surface area (Å²) < 4.78 is 0. The van der Waals surface area contributed by atoms with Crippen LogP contribution in [-0.4, -0.2) is 25.1 Å². The van der Waals surface area contributed by atoms with Crippen molar-refractivity contribution < 1.29 is 0 Å². The predicted molar refractivity (Wildman–Crippen MR) is 165 cm³/mol. The van der Waals surface area contributed by atoms with Crippen LogP contribution in [-0.2, 0) is 0 Å². The van der Waals surface area contributed by atoms with Gasteiger partial charge < -0.3 is 10.3 Å². The van der Waals surface area contributed by atoms with Gasteiger partial charge in [0.25, 0.3) is 0 Å². The Morgan fingerprint density at radius 3 is 2.64 bits per heavy atom. The van der Waals surface area contributed by atoms with Crippen molar-refractivity contribution in [2.75, 3.05) is 0 Å². The number of pyridine rings is 2. The molecule has 0 atom stereocenters. The number of aromatic amines is 2. The fourth-order valence-electron chi connectivity index (χ4n) is 4.75. The van der Waals surface area contributed by atoms with Crippen LogP contribution in [0.4, 0.5) is 0 Å². The molecule has 5 aromatic heterocycles. The van der Waals surface area contributed by atoms with E-state index in [4.69, 9.17) is 0 Å². The van der Waals surface area contributed by atoms with Crippen LogP contribution in [0.1, 0.15) is 44.6 Å². The fourth-order valence-corrected chi connectivity index (χ4v) is 5.66. The Morgan fingerprint density at radius 2 is 1.95 bits per heavy atom. The lowest BCUT2D eigenvalue weighted by Crippen LogP contribution is -2.16. The molecule has 0 radical (unpaired) electrons. The van der Waals surface area contributed by atoms with Crippen molar-refractivity contribution in [1.82, 2.24) is 30.5 Å². The molecule has 5 aromatic rings. The average molecular weight is 535 g/mol. The minimum Gasteiger partial charge on any atom is -0.359 e. The summed E-state index contributed by atoms with van der Waals surface area (Å²) in [5, 5.41) is 13.1. The lowest BCUT2D eigenvalue weighted by atomic mass is 9.91. The Balaban J connectivity index is 1.51.